The van der Waals surface area contributed by atoms with Gasteiger partial charge in [-0.15, -0.1) is 11.3 Å². The second-order valence-corrected chi connectivity index (χ2v) is 4.47. The third-order valence-electron chi connectivity index (χ3n) is 2.29. The average Bonchev–Trinajstić information content (AvgIpc) is 2.76. The first-order valence-corrected chi connectivity index (χ1v) is 6.08. The van der Waals surface area contributed by atoms with E-state index in [2.05, 4.69) is 4.98 Å². The highest BCUT2D eigenvalue weighted by molar-refractivity contribution is 7.09. The highest BCUT2D eigenvalue weighted by atomic mass is 32.1. The molecule has 0 aliphatic carbocycles. The molecule has 16 heavy (non-hydrogen) atoms. The molecular formula is C12H13FN2S. The van der Waals surface area contributed by atoms with Crippen LogP contribution in [0.2, 0.25) is 0 Å². The zero-order chi connectivity index (χ0) is 11.4. The van der Waals surface area contributed by atoms with E-state index in [4.69, 9.17) is 5.73 Å². The van der Waals surface area contributed by atoms with Gasteiger partial charge in [0, 0.05) is 17.4 Å². The molecular weight excluding hydrogens is 223 g/mol. The van der Waals surface area contributed by atoms with Gasteiger partial charge >= 0.3 is 0 Å². The van der Waals surface area contributed by atoms with Crippen LogP contribution in [0.3, 0.4) is 0 Å². The van der Waals surface area contributed by atoms with Crippen molar-refractivity contribution in [3.63, 3.8) is 0 Å². The maximum atomic E-state index is 12.7. The van der Waals surface area contributed by atoms with E-state index in [1.807, 2.05) is 5.38 Å². The van der Waals surface area contributed by atoms with Gasteiger partial charge in [-0.25, -0.2) is 9.37 Å². The Bertz CT molecular complexity index is 450. The second-order valence-electron chi connectivity index (χ2n) is 3.53. The Balaban J connectivity index is 2.15. The van der Waals surface area contributed by atoms with Crippen LogP contribution >= 0.6 is 11.3 Å². The molecule has 0 unspecified atom stereocenters. The van der Waals surface area contributed by atoms with Crippen LogP contribution in [0.5, 0.6) is 0 Å². The van der Waals surface area contributed by atoms with Crippen molar-refractivity contribution < 1.29 is 4.39 Å². The molecule has 0 amide bonds. The number of nitrogens with two attached hydrogens (primary N) is 1. The first-order chi connectivity index (χ1) is 7.79. The Morgan fingerprint density at radius 2 is 2.00 bits per heavy atom. The van der Waals surface area contributed by atoms with Crippen LogP contribution in [0.1, 0.15) is 11.4 Å². The minimum absolute atomic E-state index is 0.220. The highest BCUT2D eigenvalue weighted by Crippen LogP contribution is 2.22. The third-order valence-corrected chi connectivity index (χ3v) is 3.20. The Morgan fingerprint density at radius 3 is 2.69 bits per heavy atom. The average molecular weight is 236 g/mol. The first kappa shape index (κ1) is 11.2. The van der Waals surface area contributed by atoms with E-state index in [1.54, 1.807) is 23.5 Å². The molecule has 0 radical (unpaired) electrons. The lowest BCUT2D eigenvalue weighted by atomic mass is 10.2. The molecule has 4 heteroatoms. The molecule has 2 aromatic rings. The lowest BCUT2D eigenvalue weighted by Crippen LogP contribution is -1.99. The van der Waals surface area contributed by atoms with Gasteiger partial charge in [0.05, 0.1) is 10.7 Å². The fourth-order valence-electron chi connectivity index (χ4n) is 1.43. The fraction of sp³-hybridized carbons (Fsp3) is 0.250. The van der Waals surface area contributed by atoms with Crippen molar-refractivity contribution in [2.45, 2.75) is 12.8 Å². The van der Waals surface area contributed by atoms with E-state index in [1.165, 1.54) is 12.1 Å². The van der Waals surface area contributed by atoms with Crippen molar-refractivity contribution >= 4 is 11.3 Å². The molecule has 1 aromatic heterocycles. The van der Waals surface area contributed by atoms with Crippen molar-refractivity contribution in [2.24, 2.45) is 5.73 Å². The van der Waals surface area contributed by atoms with Gasteiger partial charge in [0.2, 0.25) is 0 Å². The van der Waals surface area contributed by atoms with Gasteiger partial charge < -0.3 is 5.73 Å². The van der Waals surface area contributed by atoms with Crippen LogP contribution < -0.4 is 5.73 Å². The van der Waals surface area contributed by atoms with E-state index < -0.39 is 0 Å². The van der Waals surface area contributed by atoms with Crippen LogP contribution in [0, 0.1) is 5.82 Å². The molecule has 0 saturated heterocycles. The molecule has 2 nitrogen and oxygen atoms in total. The van der Waals surface area contributed by atoms with E-state index in [9.17, 15) is 4.39 Å². The van der Waals surface area contributed by atoms with Crippen LogP contribution in [-0.2, 0) is 6.42 Å². The van der Waals surface area contributed by atoms with Crippen LogP contribution in [0.4, 0.5) is 4.39 Å². The van der Waals surface area contributed by atoms with Gasteiger partial charge in [-0.05, 0) is 37.2 Å². The number of thiazole rings is 1. The SMILES string of the molecule is NCCCc1nc(-c2ccc(F)cc2)cs1. The number of rotatable bonds is 4. The smallest absolute Gasteiger partial charge is 0.123 e. The van der Waals surface area contributed by atoms with Crippen molar-refractivity contribution in [1.29, 1.82) is 0 Å². The number of aromatic nitrogens is 1. The molecule has 84 valence electrons. The number of halogens is 1. The van der Waals surface area contributed by atoms with Crippen LogP contribution in [-0.4, -0.2) is 11.5 Å². The van der Waals surface area contributed by atoms with Gasteiger partial charge in [0.1, 0.15) is 5.82 Å². The lowest BCUT2D eigenvalue weighted by molar-refractivity contribution is 0.628. The maximum Gasteiger partial charge on any atom is 0.123 e. The second kappa shape index (κ2) is 5.18. The standard InChI is InChI=1S/C12H13FN2S/c13-10-5-3-9(4-6-10)11-8-16-12(15-11)2-1-7-14/h3-6,8H,1-2,7,14H2. The summed E-state index contributed by atoms with van der Waals surface area (Å²) >= 11 is 1.63. The number of hydrogen-bond donors (Lipinski definition) is 1. The molecule has 1 heterocycles. The summed E-state index contributed by atoms with van der Waals surface area (Å²) in [5.74, 6) is -0.220. The quantitative estimate of drug-likeness (QED) is 0.886. The molecule has 2 rings (SSSR count). The molecule has 2 N–H and O–H groups in total. The Hall–Kier alpha value is -1.26. The summed E-state index contributed by atoms with van der Waals surface area (Å²) in [5.41, 5.74) is 7.32. The number of benzene rings is 1. The predicted octanol–water partition coefficient (Wildman–Crippen LogP) is 2.84. The molecule has 0 fully saturated rings. The summed E-state index contributed by atoms with van der Waals surface area (Å²) in [6.45, 7) is 0.686. The maximum absolute atomic E-state index is 12.7. The van der Waals surface area contributed by atoms with E-state index >= 15 is 0 Å². The molecule has 0 bridgehead atoms. The van der Waals surface area contributed by atoms with Gasteiger partial charge in [-0.2, -0.15) is 0 Å². The van der Waals surface area contributed by atoms with E-state index in [0.29, 0.717) is 6.54 Å². The topological polar surface area (TPSA) is 38.9 Å². The fourth-order valence-corrected chi connectivity index (χ4v) is 2.28. The number of hydrogen-bond acceptors (Lipinski definition) is 3. The number of nitrogens with zero attached hydrogens (tertiary/aromatic N) is 1. The summed E-state index contributed by atoms with van der Waals surface area (Å²) in [5, 5.41) is 3.09. The van der Waals surface area contributed by atoms with E-state index in [-0.39, 0.29) is 5.82 Å². The summed E-state index contributed by atoms with van der Waals surface area (Å²) in [7, 11) is 0. The minimum atomic E-state index is -0.220. The lowest BCUT2D eigenvalue weighted by Gasteiger charge is -1.96. The van der Waals surface area contributed by atoms with Crippen molar-refractivity contribution in [3.8, 4) is 11.3 Å². The third kappa shape index (κ3) is 2.65. The van der Waals surface area contributed by atoms with Crippen LogP contribution in [0.15, 0.2) is 29.6 Å². The summed E-state index contributed by atoms with van der Waals surface area (Å²) < 4.78 is 12.7. The zero-order valence-corrected chi connectivity index (χ0v) is 9.64. The zero-order valence-electron chi connectivity index (χ0n) is 8.82. The van der Waals surface area contributed by atoms with Crippen molar-refractivity contribution in [3.05, 3.63) is 40.5 Å². The monoisotopic (exact) mass is 236 g/mol. The molecule has 0 atom stereocenters. The van der Waals surface area contributed by atoms with Gasteiger partial charge in [0.25, 0.3) is 0 Å². The van der Waals surface area contributed by atoms with Crippen LogP contribution in [0.25, 0.3) is 11.3 Å². The molecule has 0 saturated carbocycles. The first-order valence-electron chi connectivity index (χ1n) is 5.20. The summed E-state index contributed by atoms with van der Waals surface area (Å²) in [6.07, 6.45) is 1.87. The summed E-state index contributed by atoms with van der Waals surface area (Å²) in [4.78, 5) is 4.49. The molecule has 1 aromatic carbocycles. The van der Waals surface area contributed by atoms with Crippen molar-refractivity contribution in [1.82, 2.24) is 4.98 Å². The highest BCUT2D eigenvalue weighted by Gasteiger charge is 2.04. The largest absolute Gasteiger partial charge is 0.330 e. The minimum Gasteiger partial charge on any atom is -0.330 e. The van der Waals surface area contributed by atoms with E-state index in [0.717, 1.165) is 29.1 Å². The Labute approximate surface area is 97.9 Å². The van der Waals surface area contributed by atoms with Gasteiger partial charge in [0.15, 0.2) is 0 Å². The van der Waals surface area contributed by atoms with Crippen molar-refractivity contribution in [2.75, 3.05) is 6.54 Å². The van der Waals surface area contributed by atoms with Gasteiger partial charge in [-0.3, -0.25) is 0 Å². The Morgan fingerprint density at radius 1 is 1.25 bits per heavy atom. The van der Waals surface area contributed by atoms with Gasteiger partial charge in [-0.1, -0.05) is 0 Å². The predicted molar refractivity (Wildman–Crippen MR) is 64.9 cm³/mol. The molecule has 0 spiro atoms. The summed E-state index contributed by atoms with van der Waals surface area (Å²) in [6, 6.07) is 6.40. The molecule has 0 aliphatic heterocycles. The molecule has 0 aliphatic rings. The normalized spacial score (nSPS) is 10.6. The number of aryl methyl sites for hydroxylation is 1. The Kier molecular flexibility index (Phi) is 3.64.